The van der Waals surface area contributed by atoms with Crippen LogP contribution in [0.15, 0.2) is 49.6 Å². The summed E-state index contributed by atoms with van der Waals surface area (Å²) in [5, 5.41) is 4.62. The van der Waals surface area contributed by atoms with E-state index in [1.165, 1.54) is 12.0 Å². The van der Waals surface area contributed by atoms with E-state index in [1.807, 2.05) is 51.1 Å². The van der Waals surface area contributed by atoms with Gasteiger partial charge in [-0.05, 0) is 52.8 Å². The highest BCUT2D eigenvalue weighted by atomic mass is 16.5. The zero-order valence-electron chi connectivity index (χ0n) is 25.0. The largest absolute Gasteiger partial charge is 0.496 e. The molecule has 1 fully saturated rings. The summed E-state index contributed by atoms with van der Waals surface area (Å²) in [5.41, 5.74) is -0.0299. The van der Waals surface area contributed by atoms with Gasteiger partial charge >= 0.3 is 12.1 Å². The van der Waals surface area contributed by atoms with Crippen molar-refractivity contribution in [2.75, 3.05) is 34.5 Å². The Morgan fingerprint density at radius 1 is 1.12 bits per heavy atom. The van der Waals surface area contributed by atoms with E-state index in [4.69, 9.17) is 18.9 Å². The lowest BCUT2D eigenvalue weighted by atomic mass is 9.85. The highest BCUT2D eigenvalue weighted by Gasteiger charge is 2.53. The Morgan fingerprint density at radius 3 is 2.44 bits per heavy atom. The molecule has 3 rings (SSSR count). The maximum Gasteiger partial charge on any atom is 0.407 e. The van der Waals surface area contributed by atoms with Gasteiger partial charge in [0.25, 0.3) is 0 Å². The van der Waals surface area contributed by atoms with E-state index < -0.39 is 41.1 Å². The minimum atomic E-state index is -0.995. The van der Waals surface area contributed by atoms with Crippen LogP contribution in [-0.4, -0.2) is 69.4 Å². The molecule has 2 amide bonds. The summed E-state index contributed by atoms with van der Waals surface area (Å²) in [6.45, 7) is 13.4. The topological polar surface area (TPSA) is 103 Å². The molecule has 1 aliphatic heterocycles. The molecule has 0 bridgehead atoms. The minimum absolute atomic E-state index is 0.0840. The first-order valence-electron chi connectivity index (χ1n) is 13.7. The van der Waals surface area contributed by atoms with E-state index in [1.54, 1.807) is 26.4 Å². The van der Waals surface area contributed by atoms with Gasteiger partial charge in [0, 0.05) is 19.1 Å². The van der Waals surface area contributed by atoms with Crippen molar-refractivity contribution in [3.05, 3.63) is 60.7 Å². The van der Waals surface area contributed by atoms with E-state index in [2.05, 4.69) is 18.5 Å². The molecule has 2 aromatic rings. The van der Waals surface area contributed by atoms with Gasteiger partial charge in [0.1, 0.15) is 23.4 Å². The monoisotopic (exact) mass is 566 g/mol. The van der Waals surface area contributed by atoms with Gasteiger partial charge in [-0.3, -0.25) is 4.79 Å². The fourth-order valence-electron chi connectivity index (χ4n) is 5.21. The average Bonchev–Trinajstić information content (AvgIpc) is 3.37. The average molecular weight is 567 g/mol. The number of likely N-dealkylation sites (tertiary alicyclic amines) is 1. The second-order valence-electron chi connectivity index (χ2n) is 11.3. The number of methoxy groups -OCH3 is 3. The molecule has 41 heavy (non-hydrogen) atoms. The van der Waals surface area contributed by atoms with Crippen molar-refractivity contribution in [2.24, 2.45) is 5.41 Å². The third-order valence-electron chi connectivity index (χ3n) is 7.57. The van der Waals surface area contributed by atoms with Crippen molar-refractivity contribution in [2.45, 2.75) is 57.7 Å². The number of alkyl carbamates (subject to hydrolysis) is 1. The van der Waals surface area contributed by atoms with Crippen molar-refractivity contribution in [3.63, 3.8) is 0 Å². The van der Waals surface area contributed by atoms with Crippen molar-refractivity contribution in [1.29, 1.82) is 0 Å². The van der Waals surface area contributed by atoms with Gasteiger partial charge in [0.15, 0.2) is 0 Å². The van der Waals surface area contributed by atoms with Gasteiger partial charge in [0.2, 0.25) is 5.91 Å². The summed E-state index contributed by atoms with van der Waals surface area (Å²) >= 11 is 0. The Balaban J connectivity index is 1.98. The molecule has 1 heterocycles. The van der Waals surface area contributed by atoms with E-state index in [0.717, 1.165) is 21.9 Å². The molecule has 0 aliphatic carbocycles. The molecule has 9 heteroatoms. The number of esters is 1. The van der Waals surface area contributed by atoms with Gasteiger partial charge in [0.05, 0.1) is 27.4 Å². The number of allylic oxidation sites excluding steroid dienone is 1. The zero-order chi connectivity index (χ0) is 30.4. The molecule has 3 atom stereocenters. The Kier molecular flexibility index (Phi) is 10.2. The number of fused-ring (bicyclic) bond motifs is 1. The van der Waals surface area contributed by atoms with Gasteiger partial charge < -0.3 is 29.2 Å². The van der Waals surface area contributed by atoms with Crippen LogP contribution in [0.4, 0.5) is 4.79 Å². The summed E-state index contributed by atoms with van der Waals surface area (Å²) in [6, 6.07) is 7.92. The number of carbonyl (C=O) groups excluding carboxylic acids is 3. The highest BCUT2D eigenvalue weighted by Crippen LogP contribution is 2.42. The van der Waals surface area contributed by atoms with E-state index >= 15 is 0 Å². The van der Waals surface area contributed by atoms with Crippen molar-refractivity contribution < 1.29 is 33.3 Å². The molecule has 2 unspecified atom stereocenters. The first kappa shape index (κ1) is 31.7. The standard InChI is InChI=1S/C32H42N2O7/c1-9-11-12-15-41-30(37)33-27(31(3,4)5)28(35)34-20-32(40-8,19-25(34)29(36)39-7)24-14-13-22-18-26(38-6)21(10-2)16-23(22)17-24/h9-10,13-14,16-18,25,27H,1-2,11-12,15,19-20H2,3-8H3,(H,33,37)/t25?,27-,32?/m1/s1. The lowest BCUT2D eigenvalue weighted by Gasteiger charge is -2.35. The van der Waals surface area contributed by atoms with Gasteiger partial charge in [-0.1, -0.05) is 51.6 Å². The second-order valence-corrected chi connectivity index (χ2v) is 11.3. The number of amides is 2. The summed E-state index contributed by atoms with van der Waals surface area (Å²) in [7, 11) is 4.47. The lowest BCUT2D eigenvalue weighted by Crippen LogP contribution is -2.57. The molecule has 1 aliphatic rings. The van der Waals surface area contributed by atoms with Crippen LogP contribution in [0.5, 0.6) is 5.75 Å². The van der Waals surface area contributed by atoms with E-state index in [0.29, 0.717) is 18.6 Å². The van der Waals surface area contributed by atoms with Crippen molar-refractivity contribution in [3.8, 4) is 5.75 Å². The SMILES string of the molecule is C=CCCCOC(=O)N[C@H](C(=O)N1CC(OC)(c2ccc3cc(OC)c(C=C)cc3c2)CC1C(=O)OC)C(C)(C)C. The fraction of sp³-hybridized carbons (Fsp3) is 0.469. The summed E-state index contributed by atoms with van der Waals surface area (Å²) in [4.78, 5) is 41.2. The Morgan fingerprint density at radius 2 is 1.85 bits per heavy atom. The molecule has 0 saturated carbocycles. The number of hydrogen-bond donors (Lipinski definition) is 1. The van der Waals surface area contributed by atoms with Crippen LogP contribution in [0.1, 0.15) is 51.2 Å². The van der Waals surface area contributed by atoms with Crippen LogP contribution in [0, 0.1) is 5.41 Å². The quantitative estimate of drug-likeness (QED) is 0.226. The van der Waals surface area contributed by atoms with Gasteiger partial charge in [-0.15, -0.1) is 6.58 Å². The molecule has 9 nitrogen and oxygen atoms in total. The highest BCUT2D eigenvalue weighted by molar-refractivity contribution is 5.92. The normalized spacial score (nSPS) is 19.4. The summed E-state index contributed by atoms with van der Waals surface area (Å²) in [6.07, 6.45) is 4.29. The molecule has 222 valence electrons. The smallest absolute Gasteiger partial charge is 0.407 e. The summed E-state index contributed by atoms with van der Waals surface area (Å²) < 4.78 is 22.0. The van der Waals surface area contributed by atoms with Crippen LogP contribution in [0.25, 0.3) is 16.8 Å². The van der Waals surface area contributed by atoms with Gasteiger partial charge in [-0.25, -0.2) is 9.59 Å². The first-order valence-corrected chi connectivity index (χ1v) is 13.7. The van der Waals surface area contributed by atoms with Crippen LogP contribution in [0.2, 0.25) is 0 Å². The zero-order valence-corrected chi connectivity index (χ0v) is 25.0. The Labute approximate surface area is 242 Å². The van der Waals surface area contributed by atoms with E-state index in [9.17, 15) is 14.4 Å². The second kappa shape index (κ2) is 13.2. The van der Waals surface area contributed by atoms with Crippen LogP contribution < -0.4 is 10.1 Å². The number of nitrogens with one attached hydrogen (secondary N) is 1. The van der Waals surface area contributed by atoms with E-state index in [-0.39, 0.29) is 19.6 Å². The number of nitrogens with zero attached hydrogens (tertiary/aromatic N) is 1. The first-order chi connectivity index (χ1) is 19.4. The number of benzene rings is 2. The predicted octanol–water partition coefficient (Wildman–Crippen LogP) is 5.21. The molecular weight excluding hydrogens is 524 g/mol. The third kappa shape index (κ3) is 6.90. The molecule has 0 spiro atoms. The third-order valence-corrected chi connectivity index (χ3v) is 7.57. The number of carbonyl (C=O) groups is 3. The fourth-order valence-corrected chi connectivity index (χ4v) is 5.21. The predicted molar refractivity (Wildman–Crippen MR) is 159 cm³/mol. The van der Waals surface area contributed by atoms with Crippen LogP contribution >= 0.6 is 0 Å². The molecule has 1 N–H and O–H groups in total. The molecular formula is C32H42N2O7. The van der Waals surface area contributed by atoms with Crippen molar-refractivity contribution in [1.82, 2.24) is 10.2 Å². The molecule has 0 aromatic heterocycles. The van der Waals surface area contributed by atoms with Crippen LogP contribution in [-0.2, 0) is 29.4 Å². The van der Waals surface area contributed by atoms with Gasteiger partial charge in [-0.2, -0.15) is 0 Å². The maximum atomic E-state index is 14.1. The van der Waals surface area contributed by atoms with Crippen LogP contribution in [0.3, 0.4) is 0 Å². The molecule has 1 saturated heterocycles. The Bertz CT molecular complexity index is 1300. The minimum Gasteiger partial charge on any atom is -0.496 e. The maximum absolute atomic E-state index is 14.1. The molecule has 2 aromatic carbocycles. The molecule has 0 radical (unpaired) electrons. The van der Waals surface area contributed by atoms with Crippen molar-refractivity contribution >= 4 is 34.8 Å². The Hall–Kier alpha value is -3.85. The number of hydrogen-bond acceptors (Lipinski definition) is 7. The number of ether oxygens (including phenoxy) is 4. The summed E-state index contributed by atoms with van der Waals surface area (Å²) in [5.74, 6) is -0.268. The number of rotatable bonds is 11. The lowest BCUT2D eigenvalue weighted by molar-refractivity contribution is -0.152. The number of unbranched alkanes of at least 4 members (excludes halogenated alkanes) is 1.